The summed E-state index contributed by atoms with van der Waals surface area (Å²) in [5, 5.41) is 0. The Morgan fingerprint density at radius 3 is 2.46 bits per heavy atom. The molecule has 0 heterocycles. The zero-order valence-electron chi connectivity index (χ0n) is 7.91. The first-order chi connectivity index (χ1) is 6.14. The molecule has 0 N–H and O–H groups in total. The number of carbonyl (C=O) groups excluding carboxylic acids is 1. The molecular weight excluding hydrogens is 164 g/mol. The Bertz CT molecular complexity index is 265. The minimum atomic E-state index is -0.532. The number of hydrogen-bond donors (Lipinski definition) is 0. The molecule has 0 unspecified atom stereocenters. The molecule has 0 fully saturated rings. The van der Waals surface area contributed by atoms with Crippen LogP contribution in [0.5, 0.6) is 5.75 Å². The van der Waals surface area contributed by atoms with E-state index in [1.165, 1.54) is 0 Å². The van der Waals surface area contributed by atoms with Gasteiger partial charge in [0.15, 0.2) is 0 Å². The van der Waals surface area contributed by atoms with Gasteiger partial charge in [-0.1, -0.05) is 18.2 Å². The number of rotatable bonds is 4. The molecule has 0 aliphatic rings. The lowest BCUT2D eigenvalue weighted by Crippen LogP contribution is -2.22. The second-order valence-corrected chi connectivity index (χ2v) is 3.59. The van der Waals surface area contributed by atoms with E-state index in [1.54, 1.807) is 13.8 Å². The van der Waals surface area contributed by atoms with Gasteiger partial charge in [-0.15, -0.1) is 0 Å². The maximum Gasteiger partial charge on any atom is 0.208 e. The van der Waals surface area contributed by atoms with Crippen LogP contribution in [0.25, 0.3) is 0 Å². The van der Waals surface area contributed by atoms with Crippen LogP contribution in [0.3, 0.4) is 0 Å². The van der Waals surface area contributed by atoms with E-state index in [9.17, 15) is 4.79 Å². The van der Waals surface area contributed by atoms with Gasteiger partial charge in [-0.3, -0.25) is 4.79 Å². The Morgan fingerprint density at radius 1 is 1.31 bits per heavy atom. The van der Waals surface area contributed by atoms with Gasteiger partial charge in [-0.2, -0.15) is 0 Å². The third-order valence-electron chi connectivity index (χ3n) is 1.62. The fourth-order valence-corrected chi connectivity index (χ4v) is 0.810. The van der Waals surface area contributed by atoms with E-state index in [0.717, 1.165) is 5.75 Å². The summed E-state index contributed by atoms with van der Waals surface area (Å²) in [6.45, 7) is 3.95. The standard InChI is InChI=1S/C11H13O2/c1-11(2,8-12)9-13-10-6-4-3-5-7-10/h3-7H,9H2,1-2H3. The van der Waals surface area contributed by atoms with Crippen LogP contribution in [0.2, 0.25) is 0 Å². The van der Waals surface area contributed by atoms with Crippen LogP contribution in [-0.4, -0.2) is 12.9 Å². The minimum absolute atomic E-state index is 0.362. The highest BCUT2D eigenvalue weighted by atomic mass is 16.5. The van der Waals surface area contributed by atoms with Gasteiger partial charge in [-0.05, 0) is 26.0 Å². The second kappa shape index (κ2) is 4.08. The molecule has 0 bridgehead atoms. The van der Waals surface area contributed by atoms with E-state index in [1.807, 2.05) is 36.6 Å². The molecule has 0 spiro atoms. The van der Waals surface area contributed by atoms with E-state index in [4.69, 9.17) is 4.74 Å². The van der Waals surface area contributed by atoms with Crippen LogP contribution < -0.4 is 4.74 Å². The molecule has 0 saturated heterocycles. The van der Waals surface area contributed by atoms with Crippen LogP contribution in [-0.2, 0) is 4.79 Å². The lowest BCUT2D eigenvalue weighted by molar-refractivity contribution is 0.230. The monoisotopic (exact) mass is 177 g/mol. The van der Waals surface area contributed by atoms with Gasteiger partial charge < -0.3 is 4.74 Å². The molecule has 0 amide bonds. The largest absolute Gasteiger partial charge is 0.493 e. The Kier molecular flexibility index (Phi) is 3.07. The summed E-state index contributed by atoms with van der Waals surface area (Å²) in [5.74, 6) is 0.783. The molecule has 69 valence electrons. The number of ether oxygens (including phenoxy) is 1. The SMILES string of the molecule is CC(C)([C]=O)COc1ccccc1. The molecule has 0 aromatic heterocycles. The first kappa shape index (κ1) is 9.78. The zero-order valence-corrected chi connectivity index (χ0v) is 7.91. The number of benzene rings is 1. The van der Waals surface area contributed by atoms with Crippen LogP contribution in [0.4, 0.5) is 0 Å². The first-order valence-electron chi connectivity index (χ1n) is 4.21. The van der Waals surface area contributed by atoms with Crippen molar-refractivity contribution in [3.05, 3.63) is 30.3 Å². The van der Waals surface area contributed by atoms with Gasteiger partial charge in [0.2, 0.25) is 6.29 Å². The van der Waals surface area contributed by atoms with Crippen molar-refractivity contribution in [3.63, 3.8) is 0 Å². The van der Waals surface area contributed by atoms with Crippen LogP contribution in [0.1, 0.15) is 13.8 Å². The lowest BCUT2D eigenvalue weighted by atomic mass is 9.98. The van der Waals surface area contributed by atoms with E-state index in [2.05, 4.69) is 0 Å². The first-order valence-corrected chi connectivity index (χ1v) is 4.21. The normalized spacial score (nSPS) is 10.9. The van der Waals surface area contributed by atoms with Crippen molar-refractivity contribution in [2.45, 2.75) is 13.8 Å². The molecule has 0 aliphatic heterocycles. The summed E-state index contributed by atoms with van der Waals surface area (Å²) in [6.07, 6.45) is 1.94. The van der Waals surface area contributed by atoms with Crippen LogP contribution in [0.15, 0.2) is 30.3 Å². The van der Waals surface area contributed by atoms with Crippen molar-refractivity contribution >= 4 is 6.29 Å². The highest BCUT2D eigenvalue weighted by molar-refractivity contribution is 5.59. The van der Waals surface area contributed by atoms with Crippen molar-refractivity contribution in [3.8, 4) is 5.75 Å². The average molecular weight is 177 g/mol. The Balaban J connectivity index is 2.48. The molecule has 1 aromatic carbocycles. The van der Waals surface area contributed by atoms with Crippen LogP contribution >= 0.6 is 0 Å². The van der Waals surface area contributed by atoms with Gasteiger partial charge in [-0.25, -0.2) is 0 Å². The van der Waals surface area contributed by atoms with Gasteiger partial charge in [0.25, 0.3) is 0 Å². The molecule has 1 radical (unpaired) electrons. The highest BCUT2D eigenvalue weighted by Crippen LogP contribution is 2.15. The molecule has 0 atom stereocenters. The van der Waals surface area contributed by atoms with Crippen molar-refractivity contribution < 1.29 is 9.53 Å². The summed E-state index contributed by atoms with van der Waals surface area (Å²) >= 11 is 0. The van der Waals surface area contributed by atoms with E-state index >= 15 is 0 Å². The molecule has 0 aliphatic carbocycles. The summed E-state index contributed by atoms with van der Waals surface area (Å²) in [6, 6.07) is 9.44. The van der Waals surface area contributed by atoms with Gasteiger partial charge in [0, 0.05) is 0 Å². The van der Waals surface area contributed by atoms with Crippen molar-refractivity contribution in [1.29, 1.82) is 0 Å². The quantitative estimate of drug-likeness (QED) is 0.704. The lowest BCUT2D eigenvalue weighted by Gasteiger charge is -2.16. The van der Waals surface area contributed by atoms with Crippen molar-refractivity contribution in [2.24, 2.45) is 5.41 Å². The van der Waals surface area contributed by atoms with Crippen molar-refractivity contribution in [1.82, 2.24) is 0 Å². The topological polar surface area (TPSA) is 26.3 Å². The maximum absolute atomic E-state index is 10.4. The molecule has 13 heavy (non-hydrogen) atoms. The molecule has 2 heteroatoms. The predicted molar refractivity (Wildman–Crippen MR) is 51.4 cm³/mol. The zero-order chi connectivity index (χ0) is 9.73. The smallest absolute Gasteiger partial charge is 0.208 e. The summed E-state index contributed by atoms with van der Waals surface area (Å²) in [5.41, 5.74) is -0.532. The predicted octanol–water partition coefficient (Wildman–Crippen LogP) is 2.20. The molecule has 2 nitrogen and oxygen atoms in total. The number of para-hydroxylation sites is 1. The third-order valence-corrected chi connectivity index (χ3v) is 1.62. The van der Waals surface area contributed by atoms with Gasteiger partial charge >= 0.3 is 0 Å². The molecular formula is C11H13O2. The minimum Gasteiger partial charge on any atom is -0.493 e. The van der Waals surface area contributed by atoms with E-state index < -0.39 is 5.41 Å². The van der Waals surface area contributed by atoms with Gasteiger partial charge in [0.1, 0.15) is 12.4 Å². The average Bonchev–Trinajstić information content (AvgIpc) is 2.17. The Labute approximate surface area is 78.5 Å². The second-order valence-electron chi connectivity index (χ2n) is 3.59. The molecule has 1 aromatic rings. The summed E-state index contributed by atoms with van der Waals surface area (Å²) in [4.78, 5) is 10.4. The maximum atomic E-state index is 10.4. The third kappa shape index (κ3) is 3.28. The van der Waals surface area contributed by atoms with E-state index in [0.29, 0.717) is 6.61 Å². The molecule has 1 rings (SSSR count). The van der Waals surface area contributed by atoms with Crippen LogP contribution in [0, 0.1) is 5.41 Å². The number of hydrogen-bond acceptors (Lipinski definition) is 2. The molecule has 0 saturated carbocycles. The Morgan fingerprint density at radius 2 is 1.92 bits per heavy atom. The summed E-state index contributed by atoms with van der Waals surface area (Å²) in [7, 11) is 0. The summed E-state index contributed by atoms with van der Waals surface area (Å²) < 4.78 is 5.40. The van der Waals surface area contributed by atoms with Gasteiger partial charge in [0.05, 0.1) is 5.41 Å². The fourth-order valence-electron chi connectivity index (χ4n) is 0.810. The Hall–Kier alpha value is -1.31. The highest BCUT2D eigenvalue weighted by Gasteiger charge is 2.18. The fraction of sp³-hybridized carbons (Fsp3) is 0.364. The van der Waals surface area contributed by atoms with Crippen molar-refractivity contribution in [2.75, 3.05) is 6.61 Å². The van der Waals surface area contributed by atoms with E-state index in [-0.39, 0.29) is 0 Å².